The molecule has 2 saturated carbocycles. The van der Waals surface area contributed by atoms with Crippen molar-refractivity contribution < 1.29 is 15.8 Å². The van der Waals surface area contributed by atoms with E-state index in [0.29, 0.717) is 11.7 Å². The van der Waals surface area contributed by atoms with Crippen LogP contribution < -0.4 is 0 Å². The maximum absolute atomic E-state index is 12.7. The van der Waals surface area contributed by atoms with Crippen molar-refractivity contribution in [1.82, 2.24) is 0 Å². The van der Waals surface area contributed by atoms with Crippen LogP contribution in [0.15, 0.2) is 36.4 Å². The van der Waals surface area contributed by atoms with Gasteiger partial charge in [-0.3, -0.25) is 4.79 Å². The summed E-state index contributed by atoms with van der Waals surface area (Å²) in [4.78, 5) is 28.7. The summed E-state index contributed by atoms with van der Waals surface area (Å²) in [6.07, 6.45) is 19.2. The van der Waals surface area contributed by atoms with E-state index in [0.717, 1.165) is 37.5 Å². The second-order valence-electron chi connectivity index (χ2n) is 8.19. The Kier molecular flexibility index (Phi) is 13.7. The molecule has 0 heterocycles. The molecule has 1 aromatic rings. The zero-order chi connectivity index (χ0) is 21.3. The third-order valence-corrected chi connectivity index (χ3v) is 6.39. The van der Waals surface area contributed by atoms with E-state index in [4.69, 9.17) is 9.59 Å². The molecule has 0 aromatic heterocycles. The molecule has 2 aliphatic rings. The molecule has 0 aliphatic heterocycles. The second kappa shape index (κ2) is 15.8. The smallest absolute Gasteiger partial charge is 0.135 e. The molecular weight excluding hydrogens is 360 g/mol. The van der Waals surface area contributed by atoms with Crippen LogP contribution in [-0.2, 0) is 14.4 Å². The number of benzene rings is 1. The van der Waals surface area contributed by atoms with Crippen molar-refractivity contribution in [3.63, 3.8) is 0 Å². The minimum absolute atomic E-state index is 0. The monoisotopic (exact) mass is 400 g/mol. The average Bonchev–Trinajstić information content (AvgIpc) is 3.02. The fraction of sp³-hybridized carbons (Fsp3) is 0.577. The first kappa shape index (κ1) is 25.0. The number of carbonyl (C=O) groups is 3. The number of hydrogen-bond acceptors (Lipinski definition) is 3. The van der Waals surface area contributed by atoms with Crippen molar-refractivity contribution in [3.8, 4) is 0 Å². The van der Waals surface area contributed by atoms with E-state index in [9.17, 15) is 4.79 Å². The molecule has 3 heteroatoms. The van der Waals surface area contributed by atoms with Gasteiger partial charge in [-0.1, -0.05) is 81.0 Å². The Morgan fingerprint density at radius 1 is 0.897 bits per heavy atom. The van der Waals surface area contributed by atoms with Gasteiger partial charge in [0.1, 0.15) is 19.4 Å². The Hall–Kier alpha value is -2.03. The van der Waals surface area contributed by atoms with Gasteiger partial charge >= 0.3 is 0 Å². The van der Waals surface area contributed by atoms with Gasteiger partial charge in [0, 0.05) is 13.8 Å². The highest BCUT2D eigenvalue weighted by atomic mass is 16.1. The number of carbonyl (C=O) groups excluding carboxylic acids is 3. The molecule has 3 rings (SSSR count). The van der Waals surface area contributed by atoms with Crippen LogP contribution in [0.1, 0.15) is 84.0 Å². The minimum atomic E-state index is 0. The first-order valence-corrected chi connectivity index (χ1v) is 11.1. The lowest BCUT2D eigenvalue weighted by atomic mass is 9.75. The summed E-state index contributed by atoms with van der Waals surface area (Å²) in [7, 11) is 0. The van der Waals surface area contributed by atoms with Gasteiger partial charge in [-0.05, 0) is 49.5 Å². The van der Waals surface area contributed by atoms with Crippen molar-refractivity contribution in [3.05, 3.63) is 42.0 Å². The van der Waals surface area contributed by atoms with Crippen molar-refractivity contribution in [1.29, 1.82) is 0 Å². The highest BCUT2D eigenvalue weighted by Crippen LogP contribution is 2.41. The molecule has 0 radical (unpaired) electrons. The molecule has 3 atom stereocenters. The SMILES string of the molecule is C=O.C=O.O=C(CCCC/C=C/c1ccccc1)C1CCCC2CCCCC2C1.[HH]. The predicted octanol–water partition coefficient (Wildman–Crippen LogP) is 6.70. The third-order valence-electron chi connectivity index (χ3n) is 6.39. The van der Waals surface area contributed by atoms with Gasteiger partial charge in [-0.2, -0.15) is 0 Å². The van der Waals surface area contributed by atoms with Gasteiger partial charge in [-0.25, -0.2) is 0 Å². The van der Waals surface area contributed by atoms with Crippen molar-refractivity contribution in [2.75, 3.05) is 0 Å². The first-order valence-electron chi connectivity index (χ1n) is 11.1. The second-order valence-corrected chi connectivity index (χ2v) is 8.19. The molecule has 0 saturated heterocycles. The Balaban J connectivity index is 0.00000159. The number of rotatable bonds is 7. The average molecular weight is 401 g/mol. The maximum Gasteiger partial charge on any atom is 0.135 e. The number of allylic oxidation sites excluding steroid dienone is 1. The molecule has 0 bridgehead atoms. The lowest BCUT2D eigenvalue weighted by Gasteiger charge is -2.30. The van der Waals surface area contributed by atoms with Gasteiger partial charge in [-0.15, -0.1) is 0 Å². The minimum Gasteiger partial charge on any atom is -0.307 e. The van der Waals surface area contributed by atoms with Crippen molar-refractivity contribution >= 4 is 25.4 Å². The number of hydrogen-bond donors (Lipinski definition) is 0. The number of ketones is 1. The Labute approximate surface area is 178 Å². The third kappa shape index (κ3) is 9.34. The molecule has 3 unspecified atom stereocenters. The number of unbranched alkanes of at least 4 members (excludes halogenated alkanes) is 2. The fourth-order valence-electron chi connectivity index (χ4n) is 4.93. The predicted molar refractivity (Wildman–Crippen MR) is 123 cm³/mol. The van der Waals surface area contributed by atoms with Crippen LogP contribution in [0.25, 0.3) is 6.08 Å². The van der Waals surface area contributed by atoms with Crippen LogP contribution in [0.4, 0.5) is 0 Å². The molecule has 2 fully saturated rings. The van der Waals surface area contributed by atoms with E-state index >= 15 is 0 Å². The Bertz CT molecular complexity index is 585. The van der Waals surface area contributed by atoms with Gasteiger partial charge in [0.15, 0.2) is 0 Å². The molecule has 3 nitrogen and oxygen atoms in total. The summed E-state index contributed by atoms with van der Waals surface area (Å²) >= 11 is 0. The van der Waals surface area contributed by atoms with E-state index in [1.54, 1.807) is 0 Å². The molecule has 29 heavy (non-hydrogen) atoms. The van der Waals surface area contributed by atoms with Crippen LogP contribution in [0.3, 0.4) is 0 Å². The molecule has 162 valence electrons. The van der Waals surface area contributed by atoms with E-state index in [2.05, 4.69) is 36.4 Å². The van der Waals surface area contributed by atoms with Crippen LogP contribution in [0, 0.1) is 17.8 Å². The number of fused-ring (bicyclic) bond motifs is 1. The summed E-state index contributed by atoms with van der Waals surface area (Å²) < 4.78 is 0. The standard InChI is InChI=1S/C24H34O.2CH2O.H2/c25-24(18-7-2-1-4-11-20-12-5-3-6-13-20)23-17-10-16-21-14-8-9-15-22(21)19-23;2*1-2;/h3-6,11-13,21-23H,1-2,7-10,14-19H2;2*1H2;1H/b11-4+;;;. The van der Waals surface area contributed by atoms with E-state index in [-0.39, 0.29) is 1.43 Å². The zero-order valence-electron chi connectivity index (χ0n) is 17.9. The highest BCUT2D eigenvalue weighted by molar-refractivity contribution is 5.81. The normalized spacial score (nSPS) is 23.5. The highest BCUT2D eigenvalue weighted by Gasteiger charge is 2.32. The van der Waals surface area contributed by atoms with E-state index in [1.165, 1.54) is 56.9 Å². The summed E-state index contributed by atoms with van der Waals surface area (Å²) in [5.41, 5.74) is 1.26. The Morgan fingerprint density at radius 2 is 1.55 bits per heavy atom. The zero-order valence-corrected chi connectivity index (χ0v) is 17.9. The summed E-state index contributed by atoms with van der Waals surface area (Å²) in [5, 5.41) is 0. The molecular formula is C26H40O3. The van der Waals surface area contributed by atoms with Crippen molar-refractivity contribution in [2.24, 2.45) is 17.8 Å². The lowest BCUT2D eigenvalue weighted by molar-refractivity contribution is -0.123. The summed E-state index contributed by atoms with van der Waals surface area (Å²) in [6, 6.07) is 10.4. The first-order chi connectivity index (χ1) is 14.3. The van der Waals surface area contributed by atoms with Gasteiger partial charge < -0.3 is 9.59 Å². The quantitative estimate of drug-likeness (QED) is 0.478. The van der Waals surface area contributed by atoms with Crippen LogP contribution in [-0.4, -0.2) is 19.4 Å². The van der Waals surface area contributed by atoms with Crippen LogP contribution >= 0.6 is 0 Å². The van der Waals surface area contributed by atoms with Gasteiger partial charge in [0.25, 0.3) is 0 Å². The van der Waals surface area contributed by atoms with Crippen molar-refractivity contribution in [2.45, 2.75) is 77.0 Å². The lowest BCUT2D eigenvalue weighted by Crippen LogP contribution is -2.22. The topological polar surface area (TPSA) is 51.2 Å². The van der Waals surface area contributed by atoms with Gasteiger partial charge in [0.05, 0.1) is 0 Å². The maximum atomic E-state index is 12.7. The van der Waals surface area contributed by atoms with E-state index in [1.807, 2.05) is 19.6 Å². The molecule has 0 spiro atoms. The van der Waals surface area contributed by atoms with E-state index < -0.39 is 0 Å². The fourth-order valence-corrected chi connectivity index (χ4v) is 4.93. The summed E-state index contributed by atoms with van der Waals surface area (Å²) in [5.74, 6) is 2.75. The Morgan fingerprint density at radius 3 is 2.28 bits per heavy atom. The number of Topliss-reactive ketones (excluding diaryl/α,β-unsaturated/α-hetero) is 1. The van der Waals surface area contributed by atoms with Crippen LogP contribution in [0.2, 0.25) is 0 Å². The molecule has 0 N–H and O–H groups in total. The summed E-state index contributed by atoms with van der Waals surface area (Å²) in [6.45, 7) is 4.00. The largest absolute Gasteiger partial charge is 0.307 e. The molecule has 1 aromatic carbocycles. The van der Waals surface area contributed by atoms with Gasteiger partial charge in [0.2, 0.25) is 0 Å². The molecule has 2 aliphatic carbocycles. The molecule has 0 amide bonds. The van der Waals surface area contributed by atoms with Crippen LogP contribution in [0.5, 0.6) is 0 Å².